The van der Waals surface area contributed by atoms with Crippen LogP contribution < -0.4 is 15.5 Å². The van der Waals surface area contributed by atoms with Gasteiger partial charge in [-0.1, -0.05) is 53.5 Å². The maximum Gasteiger partial charge on any atom is 0.256 e. The van der Waals surface area contributed by atoms with Crippen molar-refractivity contribution in [2.45, 2.75) is 20.0 Å². The number of carbonyl (C=O) groups excluding carboxylic acids is 2. The van der Waals surface area contributed by atoms with Crippen molar-refractivity contribution < 1.29 is 9.59 Å². The average molecular weight is 472 g/mol. The lowest BCUT2D eigenvalue weighted by atomic mass is 10.1. The second-order valence-corrected chi connectivity index (χ2v) is 8.39. The molecule has 2 amide bonds. The Morgan fingerprint density at radius 3 is 2.62 bits per heavy atom. The summed E-state index contributed by atoms with van der Waals surface area (Å²) in [5, 5.41) is 11.0. The van der Waals surface area contributed by atoms with Crippen LogP contribution in [0, 0.1) is 6.92 Å². The van der Waals surface area contributed by atoms with Gasteiger partial charge in [-0.05, 0) is 36.2 Å². The fraction of sp³-hybridized carbons (Fsp3) is 0.261. The number of carbonyl (C=O) groups is 2. The Kier molecular flexibility index (Phi) is 6.67. The number of halogens is 2. The van der Waals surface area contributed by atoms with E-state index in [9.17, 15) is 9.59 Å². The molecule has 0 bridgehead atoms. The summed E-state index contributed by atoms with van der Waals surface area (Å²) in [6.45, 7) is 4.26. The highest BCUT2D eigenvalue weighted by atomic mass is 35.5. The Hall–Kier alpha value is -3.03. The molecule has 0 radical (unpaired) electrons. The van der Waals surface area contributed by atoms with Gasteiger partial charge in [0.05, 0.1) is 24.3 Å². The normalized spacial score (nSPS) is 13.7. The molecule has 0 spiro atoms. The van der Waals surface area contributed by atoms with E-state index in [1.54, 1.807) is 17.7 Å². The van der Waals surface area contributed by atoms with Gasteiger partial charge >= 0.3 is 0 Å². The molecular weight excluding hydrogens is 449 g/mol. The zero-order valence-corrected chi connectivity index (χ0v) is 19.1. The molecule has 0 aliphatic carbocycles. The highest BCUT2D eigenvalue weighted by molar-refractivity contribution is 6.33. The SMILES string of the molecule is Cc1nn(Cc2ccccc2Cl)c(Cl)c1C(=O)NCc1ccc(N2CCNC(=O)C2)cc1. The van der Waals surface area contributed by atoms with Crippen molar-refractivity contribution in [3.8, 4) is 0 Å². The van der Waals surface area contributed by atoms with Crippen molar-refractivity contribution >= 4 is 40.7 Å². The summed E-state index contributed by atoms with van der Waals surface area (Å²) < 4.78 is 1.58. The third-order valence-corrected chi connectivity index (χ3v) is 6.12. The number of amides is 2. The van der Waals surface area contributed by atoms with E-state index in [4.69, 9.17) is 23.2 Å². The number of aryl methyl sites for hydroxylation is 1. The van der Waals surface area contributed by atoms with Gasteiger partial charge in [0.15, 0.2) is 0 Å². The predicted molar refractivity (Wildman–Crippen MR) is 125 cm³/mol. The maximum absolute atomic E-state index is 12.8. The lowest BCUT2D eigenvalue weighted by Crippen LogP contribution is -2.47. The third-order valence-electron chi connectivity index (χ3n) is 5.36. The van der Waals surface area contributed by atoms with Crippen LogP contribution in [-0.2, 0) is 17.9 Å². The summed E-state index contributed by atoms with van der Waals surface area (Å²) in [5.74, 6) is -0.260. The molecule has 166 valence electrons. The van der Waals surface area contributed by atoms with Gasteiger partial charge in [0.25, 0.3) is 5.91 Å². The number of hydrogen-bond acceptors (Lipinski definition) is 4. The van der Waals surface area contributed by atoms with E-state index in [-0.39, 0.29) is 17.0 Å². The minimum absolute atomic E-state index is 0.0231. The Morgan fingerprint density at radius 1 is 1.16 bits per heavy atom. The van der Waals surface area contributed by atoms with E-state index < -0.39 is 0 Å². The van der Waals surface area contributed by atoms with E-state index in [1.807, 2.05) is 47.4 Å². The third kappa shape index (κ3) is 4.89. The van der Waals surface area contributed by atoms with Crippen molar-refractivity contribution in [3.05, 3.63) is 81.1 Å². The van der Waals surface area contributed by atoms with E-state index in [2.05, 4.69) is 15.7 Å². The van der Waals surface area contributed by atoms with Gasteiger partial charge in [0, 0.05) is 30.3 Å². The van der Waals surface area contributed by atoms with E-state index in [0.717, 1.165) is 23.4 Å². The van der Waals surface area contributed by atoms with Gasteiger partial charge in [0.1, 0.15) is 5.15 Å². The molecule has 2 aromatic carbocycles. The molecule has 0 atom stereocenters. The molecule has 32 heavy (non-hydrogen) atoms. The van der Waals surface area contributed by atoms with Crippen LogP contribution in [0.4, 0.5) is 5.69 Å². The molecule has 2 N–H and O–H groups in total. The second-order valence-electron chi connectivity index (χ2n) is 7.62. The van der Waals surface area contributed by atoms with Gasteiger partial charge in [-0.2, -0.15) is 5.10 Å². The number of anilines is 1. The summed E-state index contributed by atoms with van der Waals surface area (Å²) >= 11 is 12.7. The number of nitrogens with one attached hydrogen (secondary N) is 2. The number of aromatic nitrogens is 2. The monoisotopic (exact) mass is 471 g/mol. The summed E-state index contributed by atoms with van der Waals surface area (Å²) in [5.41, 5.74) is 3.71. The second kappa shape index (κ2) is 9.63. The molecule has 3 aromatic rings. The molecule has 4 rings (SSSR count). The van der Waals surface area contributed by atoms with Crippen LogP contribution in [0.3, 0.4) is 0 Å². The van der Waals surface area contributed by atoms with Crippen LogP contribution >= 0.6 is 23.2 Å². The lowest BCUT2D eigenvalue weighted by molar-refractivity contribution is -0.120. The van der Waals surface area contributed by atoms with Crippen molar-refractivity contribution in [1.29, 1.82) is 0 Å². The molecule has 0 saturated carbocycles. The maximum atomic E-state index is 12.8. The molecule has 0 unspecified atom stereocenters. The molecule has 7 nitrogen and oxygen atoms in total. The first-order chi connectivity index (χ1) is 15.4. The first kappa shape index (κ1) is 22.2. The molecule has 1 aliphatic rings. The van der Waals surface area contributed by atoms with Crippen molar-refractivity contribution in [2.75, 3.05) is 24.5 Å². The Morgan fingerprint density at radius 2 is 1.91 bits per heavy atom. The topological polar surface area (TPSA) is 79.3 Å². The van der Waals surface area contributed by atoms with Gasteiger partial charge in [0.2, 0.25) is 5.91 Å². The molecule has 1 aromatic heterocycles. The minimum atomic E-state index is -0.283. The zero-order chi connectivity index (χ0) is 22.7. The lowest BCUT2D eigenvalue weighted by Gasteiger charge is -2.28. The first-order valence-corrected chi connectivity index (χ1v) is 11.0. The highest BCUT2D eigenvalue weighted by Crippen LogP contribution is 2.23. The summed E-state index contributed by atoms with van der Waals surface area (Å²) in [6, 6.07) is 15.3. The molecule has 1 saturated heterocycles. The van der Waals surface area contributed by atoms with Crippen LogP contribution in [0.15, 0.2) is 48.5 Å². The number of benzene rings is 2. The Labute approximate surface area is 196 Å². The first-order valence-electron chi connectivity index (χ1n) is 10.3. The summed E-state index contributed by atoms with van der Waals surface area (Å²) in [7, 11) is 0. The van der Waals surface area contributed by atoms with Crippen molar-refractivity contribution in [1.82, 2.24) is 20.4 Å². The zero-order valence-electron chi connectivity index (χ0n) is 17.6. The van der Waals surface area contributed by atoms with Crippen LogP contribution in [0.1, 0.15) is 27.2 Å². The van der Waals surface area contributed by atoms with E-state index in [1.165, 1.54) is 0 Å². The van der Waals surface area contributed by atoms with Crippen LogP contribution in [0.2, 0.25) is 10.2 Å². The number of hydrogen-bond donors (Lipinski definition) is 2. The van der Waals surface area contributed by atoms with Crippen molar-refractivity contribution in [2.24, 2.45) is 0 Å². The largest absolute Gasteiger partial charge is 0.360 e. The van der Waals surface area contributed by atoms with E-state index in [0.29, 0.717) is 42.5 Å². The smallest absolute Gasteiger partial charge is 0.256 e. The minimum Gasteiger partial charge on any atom is -0.360 e. The van der Waals surface area contributed by atoms with Crippen molar-refractivity contribution in [3.63, 3.8) is 0 Å². The van der Waals surface area contributed by atoms with Gasteiger partial charge in [-0.3, -0.25) is 9.59 Å². The predicted octanol–water partition coefficient (Wildman–Crippen LogP) is 3.41. The number of nitrogens with zero attached hydrogens (tertiary/aromatic N) is 3. The quantitative estimate of drug-likeness (QED) is 0.577. The average Bonchev–Trinajstić information content (AvgIpc) is 3.07. The Balaban J connectivity index is 1.40. The van der Waals surface area contributed by atoms with Crippen LogP contribution in [0.25, 0.3) is 0 Å². The van der Waals surface area contributed by atoms with Crippen LogP contribution in [0.5, 0.6) is 0 Å². The molecule has 2 heterocycles. The van der Waals surface area contributed by atoms with Crippen LogP contribution in [-0.4, -0.2) is 41.2 Å². The van der Waals surface area contributed by atoms with Gasteiger partial charge < -0.3 is 15.5 Å². The number of rotatable bonds is 6. The molecular formula is C23H23Cl2N5O2. The molecule has 1 aliphatic heterocycles. The fourth-order valence-corrected chi connectivity index (χ4v) is 4.17. The summed E-state index contributed by atoms with van der Waals surface area (Å²) in [6.07, 6.45) is 0. The molecule has 1 fully saturated rings. The van der Waals surface area contributed by atoms with Gasteiger partial charge in [-0.25, -0.2) is 4.68 Å². The number of piperazine rings is 1. The van der Waals surface area contributed by atoms with E-state index >= 15 is 0 Å². The fourth-order valence-electron chi connectivity index (χ4n) is 3.66. The standard InChI is InChI=1S/C23H23Cl2N5O2/c1-15-21(22(25)30(28-15)13-17-4-2-3-5-19(17)24)23(32)27-12-16-6-8-18(9-7-16)29-11-10-26-20(31)14-29/h2-9H,10-14H2,1H3,(H,26,31)(H,27,32). The Bertz CT molecular complexity index is 1140. The van der Waals surface area contributed by atoms with Gasteiger partial charge in [-0.15, -0.1) is 0 Å². The highest BCUT2D eigenvalue weighted by Gasteiger charge is 2.21. The summed E-state index contributed by atoms with van der Waals surface area (Å²) in [4.78, 5) is 26.4. The molecule has 9 heteroatoms.